The Balaban J connectivity index is 1.70. The van der Waals surface area contributed by atoms with Crippen molar-refractivity contribution in [1.82, 2.24) is 4.98 Å². The summed E-state index contributed by atoms with van der Waals surface area (Å²) in [5, 5.41) is 1.49. The van der Waals surface area contributed by atoms with Gasteiger partial charge in [0.05, 0.1) is 5.01 Å². The summed E-state index contributed by atoms with van der Waals surface area (Å²) in [5.74, 6) is 3.73. The highest BCUT2D eigenvalue weighted by atomic mass is 32.1. The van der Waals surface area contributed by atoms with E-state index in [1.54, 1.807) is 0 Å². The lowest BCUT2D eigenvalue weighted by Crippen LogP contribution is -2.48. The van der Waals surface area contributed by atoms with Crippen LogP contribution in [0.2, 0.25) is 0 Å². The minimum atomic E-state index is 0.507. The Hall–Kier alpha value is -0.370. The zero-order valence-electron chi connectivity index (χ0n) is 11.5. The summed E-state index contributed by atoms with van der Waals surface area (Å²) in [4.78, 5) is 6.33. The molecule has 2 heteroatoms. The molecule has 1 aromatic heterocycles. The van der Waals surface area contributed by atoms with Crippen molar-refractivity contribution in [2.75, 3.05) is 0 Å². The standard InChI is InChI=1S/C16H23NS/c1-10(2)14-9-17-15(18-14)16-6-11-3-12(7-16)5-13(4-11)8-16/h9-13H,3-8H2,1-2H3. The minimum Gasteiger partial charge on any atom is -0.249 e. The van der Waals surface area contributed by atoms with Crippen LogP contribution in [-0.2, 0) is 5.41 Å². The first kappa shape index (κ1) is 11.5. The van der Waals surface area contributed by atoms with Gasteiger partial charge in [-0.15, -0.1) is 11.3 Å². The third-order valence-electron chi connectivity index (χ3n) is 5.58. The highest BCUT2D eigenvalue weighted by Crippen LogP contribution is 2.61. The predicted octanol–water partition coefficient (Wildman–Crippen LogP) is 4.73. The van der Waals surface area contributed by atoms with E-state index >= 15 is 0 Å². The molecule has 0 amide bonds. The van der Waals surface area contributed by atoms with Gasteiger partial charge in [0, 0.05) is 16.5 Å². The molecular weight excluding hydrogens is 238 g/mol. The second kappa shape index (κ2) is 3.82. The molecule has 1 nitrogen and oxygen atoms in total. The van der Waals surface area contributed by atoms with Gasteiger partial charge in [0.1, 0.15) is 0 Å². The Morgan fingerprint density at radius 2 is 1.67 bits per heavy atom. The van der Waals surface area contributed by atoms with Crippen molar-refractivity contribution in [3.63, 3.8) is 0 Å². The second-order valence-electron chi connectivity index (χ2n) is 7.42. The maximum Gasteiger partial charge on any atom is 0.0989 e. The van der Waals surface area contributed by atoms with Gasteiger partial charge in [0.2, 0.25) is 0 Å². The van der Waals surface area contributed by atoms with E-state index in [0.29, 0.717) is 11.3 Å². The Morgan fingerprint density at radius 3 is 2.11 bits per heavy atom. The fraction of sp³-hybridized carbons (Fsp3) is 0.812. The Morgan fingerprint density at radius 1 is 1.11 bits per heavy atom. The molecule has 0 unspecified atom stereocenters. The van der Waals surface area contributed by atoms with Gasteiger partial charge in [0.15, 0.2) is 0 Å². The lowest BCUT2D eigenvalue weighted by Gasteiger charge is -2.56. The fourth-order valence-electron chi connectivity index (χ4n) is 5.17. The van der Waals surface area contributed by atoms with Crippen molar-refractivity contribution in [2.45, 2.75) is 63.7 Å². The van der Waals surface area contributed by atoms with Crippen LogP contribution in [0.3, 0.4) is 0 Å². The summed E-state index contributed by atoms with van der Waals surface area (Å²) >= 11 is 2.02. The van der Waals surface area contributed by atoms with Crippen LogP contribution in [0.1, 0.15) is 68.2 Å². The van der Waals surface area contributed by atoms with Gasteiger partial charge in [-0.2, -0.15) is 0 Å². The maximum atomic E-state index is 4.85. The highest BCUT2D eigenvalue weighted by molar-refractivity contribution is 7.11. The first-order valence-corrected chi connectivity index (χ1v) is 8.42. The van der Waals surface area contributed by atoms with E-state index in [-0.39, 0.29) is 0 Å². The summed E-state index contributed by atoms with van der Waals surface area (Å²) < 4.78 is 0. The molecule has 0 aromatic carbocycles. The van der Waals surface area contributed by atoms with Crippen molar-refractivity contribution in [2.24, 2.45) is 17.8 Å². The average Bonchev–Trinajstić information content (AvgIpc) is 2.76. The van der Waals surface area contributed by atoms with Crippen LogP contribution in [-0.4, -0.2) is 4.98 Å². The molecule has 0 atom stereocenters. The number of aromatic nitrogens is 1. The smallest absolute Gasteiger partial charge is 0.0989 e. The zero-order valence-corrected chi connectivity index (χ0v) is 12.3. The van der Waals surface area contributed by atoms with E-state index in [1.165, 1.54) is 48.4 Å². The Labute approximate surface area is 114 Å². The molecule has 18 heavy (non-hydrogen) atoms. The number of thiazole rings is 1. The zero-order chi connectivity index (χ0) is 12.3. The normalized spacial score (nSPS) is 41.8. The molecule has 4 aliphatic carbocycles. The topological polar surface area (TPSA) is 12.9 Å². The molecule has 98 valence electrons. The van der Waals surface area contributed by atoms with Crippen molar-refractivity contribution in [3.8, 4) is 0 Å². The summed E-state index contributed by atoms with van der Waals surface area (Å²) in [6, 6.07) is 0. The average molecular weight is 261 g/mol. The van der Waals surface area contributed by atoms with Crippen molar-refractivity contribution < 1.29 is 0 Å². The molecule has 0 radical (unpaired) electrons. The molecule has 5 rings (SSSR count). The van der Waals surface area contributed by atoms with Gasteiger partial charge in [0.25, 0.3) is 0 Å². The first-order chi connectivity index (χ1) is 8.64. The molecule has 4 saturated carbocycles. The van der Waals surface area contributed by atoms with Gasteiger partial charge in [-0.1, -0.05) is 13.8 Å². The van der Waals surface area contributed by atoms with Gasteiger partial charge < -0.3 is 0 Å². The summed E-state index contributed by atoms with van der Waals surface area (Å²) in [5.41, 5.74) is 0.507. The van der Waals surface area contributed by atoms with Crippen molar-refractivity contribution in [3.05, 3.63) is 16.1 Å². The molecule has 0 saturated heterocycles. The van der Waals surface area contributed by atoms with Crippen LogP contribution in [0, 0.1) is 17.8 Å². The summed E-state index contributed by atoms with van der Waals surface area (Å²) in [6.07, 6.45) is 11.1. The highest BCUT2D eigenvalue weighted by Gasteiger charge is 2.52. The molecule has 0 spiro atoms. The molecule has 4 aliphatic rings. The first-order valence-electron chi connectivity index (χ1n) is 7.61. The van der Waals surface area contributed by atoms with E-state index < -0.39 is 0 Å². The largest absolute Gasteiger partial charge is 0.249 e. The number of hydrogen-bond donors (Lipinski definition) is 0. The lowest BCUT2D eigenvalue weighted by atomic mass is 9.50. The Kier molecular flexibility index (Phi) is 2.43. The second-order valence-corrected chi connectivity index (χ2v) is 8.48. The maximum absolute atomic E-state index is 4.85. The Bertz CT molecular complexity index is 424. The monoisotopic (exact) mass is 261 g/mol. The van der Waals surface area contributed by atoms with Crippen LogP contribution in [0.15, 0.2) is 6.20 Å². The summed E-state index contributed by atoms with van der Waals surface area (Å²) in [6.45, 7) is 4.58. The SMILES string of the molecule is CC(C)c1cnc(C23CC4CC(CC(C4)C2)C3)s1. The number of nitrogens with zero attached hydrogens (tertiary/aromatic N) is 1. The van der Waals surface area contributed by atoms with E-state index in [2.05, 4.69) is 20.0 Å². The number of hydrogen-bond acceptors (Lipinski definition) is 2. The third kappa shape index (κ3) is 1.61. The minimum absolute atomic E-state index is 0.507. The molecule has 4 bridgehead atoms. The molecule has 1 aromatic rings. The van der Waals surface area contributed by atoms with Gasteiger partial charge >= 0.3 is 0 Å². The van der Waals surface area contributed by atoms with E-state index in [4.69, 9.17) is 4.98 Å². The van der Waals surface area contributed by atoms with Crippen LogP contribution in [0.5, 0.6) is 0 Å². The quantitative estimate of drug-likeness (QED) is 0.749. The van der Waals surface area contributed by atoms with Crippen LogP contribution in [0.25, 0.3) is 0 Å². The number of rotatable bonds is 2. The van der Waals surface area contributed by atoms with Gasteiger partial charge in [-0.05, 0) is 62.2 Å². The van der Waals surface area contributed by atoms with Crippen LogP contribution >= 0.6 is 11.3 Å². The van der Waals surface area contributed by atoms with Gasteiger partial charge in [-0.25, -0.2) is 4.98 Å². The molecule has 1 heterocycles. The van der Waals surface area contributed by atoms with Crippen molar-refractivity contribution in [1.29, 1.82) is 0 Å². The predicted molar refractivity (Wildman–Crippen MR) is 76.1 cm³/mol. The molecular formula is C16H23NS. The van der Waals surface area contributed by atoms with E-state index in [9.17, 15) is 0 Å². The van der Waals surface area contributed by atoms with E-state index in [0.717, 1.165) is 17.8 Å². The van der Waals surface area contributed by atoms with Gasteiger partial charge in [-0.3, -0.25) is 0 Å². The lowest BCUT2D eigenvalue weighted by molar-refractivity contribution is -0.00527. The molecule has 0 N–H and O–H groups in total. The molecule has 0 aliphatic heterocycles. The summed E-state index contributed by atoms with van der Waals surface area (Å²) in [7, 11) is 0. The van der Waals surface area contributed by atoms with Crippen molar-refractivity contribution >= 4 is 11.3 Å². The third-order valence-corrected chi connectivity index (χ3v) is 7.13. The fourth-order valence-corrected chi connectivity index (χ4v) is 6.31. The van der Waals surface area contributed by atoms with E-state index in [1.807, 2.05) is 11.3 Å². The molecule has 4 fully saturated rings. The van der Waals surface area contributed by atoms with Crippen LogP contribution < -0.4 is 0 Å². The van der Waals surface area contributed by atoms with Crippen LogP contribution in [0.4, 0.5) is 0 Å².